The molecular weight excluding hydrogens is 1420 g/mol. The molecule has 0 bridgehead atoms. The number of alkyl halides is 1. The van der Waals surface area contributed by atoms with Gasteiger partial charge in [0.25, 0.3) is 18.1 Å². The van der Waals surface area contributed by atoms with Crippen LogP contribution >= 0.6 is 11.6 Å². The molecule has 0 spiro atoms. The van der Waals surface area contributed by atoms with E-state index in [9.17, 15) is 46.8 Å². The van der Waals surface area contributed by atoms with Crippen molar-refractivity contribution in [2.75, 3.05) is 97.9 Å². The van der Waals surface area contributed by atoms with Gasteiger partial charge in [-0.05, 0) is 83.6 Å². The fourth-order valence-electron chi connectivity index (χ4n) is 11.5. The Morgan fingerprint density at radius 3 is 1.92 bits per heavy atom. The minimum atomic E-state index is -5.43. The summed E-state index contributed by atoms with van der Waals surface area (Å²) in [5.74, 6) is -9.96. The van der Waals surface area contributed by atoms with Crippen molar-refractivity contribution in [3.63, 3.8) is 0 Å². The SMILES string of the molecule is COC(=O)[C@H]1O[C@@H](O/N=C(\C)c2ccc3[nH]c(C(=O)N4C[C@@H](CCl)c5c4cc(OS(=O)(=O)Oc4cc(C(=O)N(C)CCOCCOCCOCCN=[N+]=[N-])ccc4O[C@@H]4O[C@H](COC(C)=O)[C@@H](C)[C@H](OC(C)=O)[C@H]4OC(C)=O)c4ccc(OC)cc54)cc3c2)[C@H](OC(C)=O)[C@@H](OC(C)=O)[C@@H]1OC(C)=O. The molecule has 4 heterocycles. The summed E-state index contributed by atoms with van der Waals surface area (Å²) in [6.45, 7) is 10.5. The Balaban J connectivity index is 1.10. The average Bonchev–Trinajstić information content (AvgIpc) is 1.54. The number of esters is 7. The van der Waals surface area contributed by atoms with Crippen LogP contribution in [-0.4, -0.2) is 226 Å². The summed E-state index contributed by atoms with van der Waals surface area (Å²) in [5.41, 5.74) is 10.0. The van der Waals surface area contributed by atoms with Gasteiger partial charge in [-0.1, -0.05) is 23.3 Å². The zero-order valence-corrected chi connectivity index (χ0v) is 60.0. The largest absolute Gasteiger partial charge is 0.501 e. The molecule has 1 N–H and O–H groups in total. The van der Waals surface area contributed by atoms with E-state index in [0.29, 0.717) is 33.2 Å². The normalized spacial score (nSPS) is 21.4. The third kappa shape index (κ3) is 20.4. The monoisotopic (exact) mass is 1500 g/mol. The van der Waals surface area contributed by atoms with E-state index in [4.69, 9.17) is 96.7 Å². The number of fused-ring (bicyclic) bond motifs is 4. The van der Waals surface area contributed by atoms with E-state index in [0.717, 1.165) is 54.7 Å². The molecule has 2 fully saturated rings. The Morgan fingerprint density at radius 1 is 0.673 bits per heavy atom. The molecule has 0 radical (unpaired) electrons. The van der Waals surface area contributed by atoms with Gasteiger partial charge in [-0.15, -0.1) is 20.0 Å². The Kier molecular flexibility index (Phi) is 27.9. The predicted octanol–water partition coefficient (Wildman–Crippen LogP) is 6.05. The number of azide groups is 1. The van der Waals surface area contributed by atoms with Gasteiger partial charge in [0.15, 0.2) is 35.6 Å². The number of likely N-dealkylation sites (N-methyl/N-ethyl adjacent to an activating group) is 1. The van der Waals surface area contributed by atoms with E-state index in [1.54, 1.807) is 43.3 Å². The highest BCUT2D eigenvalue weighted by atomic mass is 35.5. The van der Waals surface area contributed by atoms with Gasteiger partial charge in [0.05, 0.1) is 65.3 Å². The first-order chi connectivity index (χ1) is 49.5. The van der Waals surface area contributed by atoms with Gasteiger partial charge >= 0.3 is 52.2 Å². The van der Waals surface area contributed by atoms with Crippen molar-refractivity contribution in [3.05, 3.63) is 99.6 Å². The van der Waals surface area contributed by atoms with E-state index in [2.05, 4.69) is 20.2 Å². The molecule has 0 saturated carbocycles. The van der Waals surface area contributed by atoms with Crippen LogP contribution in [0.15, 0.2) is 77.0 Å². The van der Waals surface area contributed by atoms with Gasteiger partial charge in [-0.2, -0.15) is 0 Å². The van der Waals surface area contributed by atoms with E-state index < -0.39 is 149 Å². The Labute approximate surface area is 600 Å². The first-order valence-corrected chi connectivity index (χ1v) is 34.1. The molecule has 0 aliphatic carbocycles. The Bertz CT molecular complexity index is 4210. The van der Waals surface area contributed by atoms with Crippen LogP contribution in [0.25, 0.3) is 32.1 Å². The molecule has 562 valence electrons. The number of aromatic nitrogens is 1. The molecule has 5 aromatic rings. The number of nitrogens with zero attached hydrogens (tertiary/aromatic N) is 6. The minimum Gasteiger partial charge on any atom is -0.497 e. The number of aromatic amines is 1. The van der Waals surface area contributed by atoms with Crippen LogP contribution in [0.2, 0.25) is 0 Å². The average molecular weight is 1500 g/mol. The Morgan fingerprint density at radius 2 is 1.29 bits per heavy atom. The zero-order valence-electron chi connectivity index (χ0n) is 58.4. The van der Waals surface area contributed by atoms with Crippen LogP contribution in [0.4, 0.5) is 5.69 Å². The molecule has 3 aliphatic rings. The van der Waals surface area contributed by atoms with Crippen molar-refractivity contribution >= 4 is 109 Å². The summed E-state index contributed by atoms with van der Waals surface area (Å²) in [6.07, 6.45) is -14.2. The lowest BCUT2D eigenvalue weighted by Crippen LogP contribution is -2.63. The van der Waals surface area contributed by atoms with E-state index in [1.165, 1.54) is 55.1 Å². The smallest absolute Gasteiger partial charge is 0.497 e. The highest BCUT2D eigenvalue weighted by Gasteiger charge is 2.56. The molecule has 0 unspecified atom stereocenters. The number of benzene rings is 4. The molecule has 2 saturated heterocycles. The molecule has 8 rings (SSSR count). The summed E-state index contributed by atoms with van der Waals surface area (Å²) in [7, 11) is -1.51. The molecule has 37 heteroatoms. The number of hydrogen-bond acceptors (Lipinski definition) is 30. The molecule has 104 heavy (non-hydrogen) atoms. The quantitative estimate of drug-likeness (QED) is 0.00575. The third-order valence-corrected chi connectivity index (χ3v) is 17.3. The summed E-state index contributed by atoms with van der Waals surface area (Å²) in [5, 5.41) is 8.61. The van der Waals surface area contributed by atoms with Gasteiger partial charge in [0, 0.05) is 119 Å². The second-order valence-corrected chi connectivity index (χ2v) is 25.1. The van der Waals surface area contributed by atoms with Crippen LogP contribution in [0, 0.1) is 5.92 Å². The Hall–Kier alpha value is -10.1. The molecule has 2 amide bonds. The van der Waals surface area contributed by atoms with Crippen molar-refractivity contribution in [2.24, 2.45) is 16.2 Å². The van der Waals surface area contributed by atoms with Crippen molar-refractivity contribution in [1.29, 1.82) is 0 Å². The number of methoxy groups -OCH3 is 2. The number of nitrogens with one attached hydrogen (secondary N) is 1. The predicted molar refractivity (Wildman–Crippen MR) is 361 cm³/mol. The maximum Gasteiger partial charge on any atom is 0.501 e. The summed E-state index contributed by atoms with van der Waals surface area (Å²) in [6, 6.07) is 16.0. The summed E-state index contributed by atoms with van der Waals surface area (Å²) >= 11 is 6.70. The van der Waals surface area contributed by atoms with Gasteiger partial charge in [0.2, 0.25) is 18.5 Å². The number of H-pyrrole nitrogens is 1. The maximum atomic E-state index is 15.1. The first kappa shape index (κ1) is 79.6. The number of amides is 2. The number of oxime groups is 1. The minimum absolute atomic E-state index is 0.0265. The number of hydrogen-bond donors (Lipinski definition) is 1. The standard InChI is InChI=1S/C67H78ClN7O28S/c1-34-55(33-92-36(3)76)99-66(61(96-40(7)80)57(34)93-37(4)77)98-52-17-13-43(63(82)74(9)19-21-90-23-25-91-24-22-89-20-18-70-73-69)28-54(52)103-104(85,86)102-53-30-51-56(48-29-46(87-10)14-15-47(48)53)45(31-68)32-75(51)64(83)50-27-44-26-42(12-16-49(44)71-50)35(2)72-101-67-62(97-41(8)81)59(95-39(6)79)58(94-38(5)78)60(100-67)65(84)88-11/h12-17,26-30,34,45,55,57-62,66-67,71H,18-25,31-33H2,1-11H3/b72-35+/t34-,45-,55-,57+,58+,59+,60+,61-,62-,66-,67+/m1/s1. The lowest BCUT2D eigenvalue weighted by molar-refractivity contribution is -0.301. The number of halogens is 1. The number of anilines is 1. The molecule has 35 nitrogen and oxygen atoms in total. The number of carbonyl (C=O) groups is 9. The van der Waals surface area contributed by atoms with Gasteiger partial charge in [-0.3, -0.25) is 38.4 Å². The summed E-state index contributed by atoms with van der Waals surface area (Å²) in [4.78, 5) is 131. The van der Waals surface area contributed by atoms with Crippen molar-refractivity contribution < 1.29 is 131 Å². The lowest BCUT2D eigenvalue weighted by atomic mass is 9.90. The van der Waals surface area contributed by atoms with Crippen molar-refractivity contribution in [1.82, 2.24) is 9.88 Å². The summed E-state index contributed by atoms with van der Waals surface area (Å²) < 4.78 is 120. The fourth-order valence-corrected chi connectivity index (χ4v) is 12.5. The molecular formula is C67H78ClN7O28S. The van der Waals surface area contributed by atoms with Crippen LogP contribution in [0.3, 0.4) is 0 Å². The topological polar surface area (TPSA) is 428 Å². The molecule has 1 aromatic heterocycles. The molecule has 4 aromatic carbocycles. The van der Waals surface area contributed by atoms with Gasteiger partial charge < -0.3 is 94.3 Å². The van der Waals surface area contributed by atoms with E-state index in [1.807, 2.05) is 0 Å². The second-order valence-electron chi connectivity index (χ2n) is 23.6. The van der Waals surface area contributed by atoms with Crippen LogP contribution in [-0.2, 0) is 106 Å². The maximum absolute atomic E-state index is 15.1. The van der Waals surface area contributed by atoms with Gasteiger partial charge in [0.1, 0.15) is 30.3 Å². The van der Waals surface area contributed by atoms with Crippen molar-refractivity contribution in [3.8, 4) is 23.0 Å². The van der Waals surface area contributed by atoms with Crippen molar-refractivity contribution in [2.45, 2.75) is 117 Å². The number of rotatable bonds is 33. The second kappa shape index (κ2) is 36.4. The van der Waals surface area contributed by atoms with E-state index >= 15 is 4.79 Å². The fraction of sp³-hybridized carbons (Fsp3) is 0.493. The van der Waals surface area contributed by atoms with Gasteiger partial charge in [-0.25, -0.2) is 4.79 Å². The number of ether oxygens (including phenoxy) is 14. The number of carbonyl (C=O) groups excluding carboxylic acids is 9. The zero-order chi connectivity index (χ0) is 75.7. The van der Waals surface area contributed by atoms with E-state index in [-0.39, 0.29) is 98.9 Å². The van der Waals surface area contributed by atoms with Crippen LogP contribution < -0.4 is 22.7 Å². The highest BCUT2D eigenvalue weighted by molar-refractivity contribution is 7.82. The van der Waals surface area contributed by atoms with Crippen LogP contribution in [0.5, 0.6) is 23.0 Å². The third-order valence-electron chi connectivity index (χ3n) is 16.2. The lowest BCUT2D eigenvalue weighted by Gasteiger charge is -2.43. The highest BCUT2D eigenvalue weighted by Crippen LogP contribution is 2.48. The van der Waals surface area contributed by atoms with Crippen LogP contribution in [0.1, 0.15) is 93.3 Å². The molecule has 3 aliphatic heterocycles. The first-order valence-electron chi connectivity index (χ1n) is 32.2. The molecule has 11 atom stereocenters.